The minimum Gasteiger partial charge on any atom is -1.00 e. The zero-order chi connectivity index (χ0) is 16.0. The molecule has 0 aliphatic rings. The van der Waals surface area contributed by atoms with Gasteiger partial charge in [-0.2, -0.15) is 0 Å². The van der Waals surface area contributed by atoms with Crippen molar-refractivity contribution in [3.63, 3.8) is 0 Å². The van der Waals surface area contributed by atoms with E-state index in [-0.39, 0.29) is 12.4 Å². The van der Waals surface area contributed by atoms with Crippen molar-refractivity contribution in [1.82, 2.24) is 0 Å². The Morgan fingerprint density at radius 2 is 1.58 bits per heavy atom. The number of anilines is 2. The second-order valence-electron chi connectivity index (χ2n) is 5.88. The molecule has 0 bridgehead atoms. The molecule has 1 heterocycles. The maximum atomic E-state index is 6.34. The summed E-state index contributed by atoms with van der Waals surface area (Å²) in [6, 6.07) is 18.3. The largest absolute Gasteiger partial charge is 1.00 e. The van der Waals surface area contributed by atoms with Crippen LogP contribution in [0.2, 0.25) is 0 Å². The van der Waals surface area contributed by atoms with E-state index in [0.717, 1.165) is 33.4 Å². The zero-order valence-corrected chi connectivity index (χ0v) is 14.1. The van der Waals surface area contributed by atoms with Crippen LogP contribution in [-0.4, -0.2) is 0 Å². The lowest BCUT2D eigenvalue weighted by Gasteiger charge is -2.12. The summed E-state index contributed by atoms with van der Waals surface area (Å²) in [4.78, 5) is 3.33. The molecule has 0 fully saturated rings. The van der Waals surface area contributed by atoms with Crippen molar-refractivity contribution < 1.29 is 17.4 Å². The van der Waals surface area contributed by atoms with Gasteiger partial charge in [0.2, 0.25) is 5.52 Å². The van der Waals surface area contributed by atoms with Crippen molar-refractivity contribution >= 4 is 33.1 Å². The predicted octanol–water partition coefficient (Wildman–Crippen LogP) is 0.951. The van der Waals surface area contributed by atoms with E-state index in [1.807, 2.05) is 42.6 Å². The number of nitrogen functional groups attached to an aromatic ring is 2. The maximum Gasteiger partial charge on any atom is 0.211 e. The van der Waals surface area contributed by atoms with Gasteiger partial charge in [0.15, 0.2) is 6.20 Å². The number of benzene rings is 3. The highest BCUT2D eigenvalue weighted by molar-refractivity contribution is 6.11. The van der Waals surface area contributed by atoms with Gasteiger partial charge < -0.3 is 23.9 Å². The Bertz CT molecular complexity index is 1040. The van der Waals surface area contributed by atoms with Crippen LogP contribution in [0, 0.1) is 6.92 Å². The number of aryl methyl sites for hydroxylation is 1. The molecule has 0 saturated carbocycles. The molecule has 0 aliphatic carbocycles. The van der Waals surface area contributed by atoms with Crippen LogP contribution in [0.15, 0.2) is 60.8 Å². The molecule has 24 heavy (non-hydrogen) atoms. The summed E-state index contributed by atoms with van der Waals surface area (Å²) in [6.07, 6.45) is 1.99. The van der Waals surface area contributed by atoms with Crippen LogP contribution < -0.4 is 28.9 Å². The molecule has 0 atom stereocenters. The van der Waals surface area contributed by atoms with Gasteiger partial charge in [0.25, 0.3) is 0 Å². The van der Waals surface area contributed by atoms with Crippen molar-refractivity contribution in [1.29, 1.82) is 0 Å². The summed E-state index contributed by atoms with van der Waals surface area (Å²) in [6.45, 7) is 2.15. The standard InChI is InChI=1S/C20H17N3.ClH/c1-12-16(13-6-8-14(21)9-7-13)10-18(22)17-11-23-19-5-3-2-4-15(19)20(12)17;/h2-11H,21-22H2,1H3;1H. The average molecular weight is 336 g/mol. The van der Waals surface area contributed by atoms with Crippen molar-refractivity contribution in [2.24, 2.45) is 0 Å². The number of aromatic amines is 1. The summed E-state index contributed by atoms with van der Waals surface area (Å²) in [5, 5.41) is 3.44. The highest BCUT2D eigenvalue weighted by Gasteiger charge is 2.15. The third-order valence-corrected chi connectivity index (χ3v) is 4.45. The second kappa shape index (κ2) is 6.02. The first-order valence-electron chi connectivity index (χ1n) is 7.63. The molecule has 4 heteroatoms. The summed E-state index contributed by atoms with van der Waals surface area (Å²) in [5.74, 6) is 0. The number of halogens is 1. The number of fused-ring (bicyclic) bond motifs is 3. The number of pyridine rings is 1. The van der Waals surface area contributed by atoms with Crippen LogP contribution in [0.1, 0.15) is 5.56 Å². The van der Waals surface area contributed by atoms with Crippen molar-refractivity contribution in [2.45, 2.75) is 6.92 Å². The number of hydrogen-bond acceptors (Lipinski definition) is 2. The van der Waals surface area contributed by atoms with Gasteiger partial charge in [0.05, 0.1) is 10.8 Å². The van der Waals surface area contributed by atoms with E-state index in [0.29, 0.717) is 0 Å². The molecule has 3 aromatic carbocycles. The summed E-state index contributed by atoms with van der Waals surface area (Å²) >= 11 is 0. The molecule has 1 aromatic heterocycles. The lowest BCUT2D eigenvalue weighted by Crippen LogP contribution is -3.00. The Balaban J connectivity index is 0.00000169. The number of para-hydroxylation sites is 1. The number of nitrogens with two attached hydrogens (primary N) is 2. The van der Waals surface area contributed by atoms with Crippen LogP contribution in [0.5, 0.6) is 0 Å². The minimum absolute atomic E-state index is 0. The topological polar surface area (TPSA) is 66.2 Å². The van der Waals surface area contributed by atoms with Gasteiger partial charge in [-0.25, -0.2) is 4.98 Å². The van der Waals surface area contributed by atoms with Crippen molar-refractivity contribution in [3.05, 3.63) is 66.4 Å². The van der Waals surface area contributed by atoms with E-state index in [4.69, 9.17) is 11.5 Å². The highest BCUT2D eigenvalue weighted by Crippen LogP contribution is 2.36. The molecule has 0 spiro atoms. The SMILES string of the molecule is Cc1c(-c2ccc(N)cc2)cc(N)c2c[nH+]c3ccccc3c12.[Cl-]. The van der Waals surface area contributed by atoms with Crippen LogP contribution in [0.25, 0.3) is 32.8 Å². The molecule has 5 N–H and O–H groups in total. The van der Waals surface area contributed by atoms with E-state index in [1.165, 1.54) is 16.3 Å². The van der Waals surface area contributed by atoms with E-state index in [2.05, 4.69) is 30.1 Å². The Morgan fingerprint density at radius 1 is 0.875 bits per heavy atom. The molecular weight excluding hydrogens is 318 g/mol. The van der Waals surface area contributed by atoms with E-state index >= 15 is 0 Å². The Hall–Kier alpha value is -2.78. The fraction of sp³-hybridized carbons (Fsp3) is 0.0500. The second-order valence-corrected chi connectivity index (χ2v) is 5.88. The first-order chi connectivity index (χ1) is 11.1. The monoisotopic (exact) mass is 335 g/mol. The van der Waals surface area contributed by atoms with Crippen molar-refractivity contribution in [2.75, 3.05) is 11.5 Å². The molecule has 4 rings (SSSR count). The highest BCUT2D eigenvalue weighted by atomic mass is 35.5. The summed E-state index contributed by atoms with van der Waals surface area (Å²) in [7, 11) is 0. The molecule has 0 saturated heterocycles. The fourth-order valence-electron chi connectivity index (χ4n) is 3.26. The molecule has 120 valence electrons. The summed E-state index contributed by atoms with van der Waals surface area (Å²) < 4.78 is 0. The van der Waals surface area contributed by atoms with E-state index in [9.17, 15) is 0 Å². The maximum absolute atomic E-state index is 6.34. The van der Waals surface area contributed by atoms with E-state index < -0.39 is 0 Å². The van der Waals surface area contributed by atoms with Gasteiger partial charge in [0, 0.05) is 22.8 Å². The lowest BCUT2D eigenvalue weighted by atomic mass is 9.92. The normalized spacial score (nSPS) is 10.7. The molecule has 0 aliphatic heterocycles. The molecule has 0 unspecified atom stereocenters. The lowest BCUT2D eigenvalue weighted by molar-refractivity contribution is -0.342. The Kier molecular flexibility index (Phi) is 4.04. The van der Waals surface area contributed by atoms with Crippen LogP contribution in [0.4, 0.5) is 11.4 Å². The van der Waals surface area contributed by atoms with Gasteiger partial charge in [0.1, 0.15) is 0 Å². The van der Waals surface area contributed by atoms with Crippen LogP contribution in [-0.2, 0) is 0 Å². The first-order valence-corrected chi connectivity index (χ1v) is 7.63. The number of aromatic nitrogens is 1. The number of nitrogens with one attached hydrogen (secondary N) is 1. The third-order valence-electron chi connectivity index (χ3n) is 4.45. The average Bonchev–Trinajstić information content (AvgIpc) is 2.58. The first kappa shape index (κ1) is 16.1. The van der Waals surface area contributed by atoms with Crippen molar-refractivity contribution in [3.8, 4) is 11.1 Å². The molecule has 3 nitrogen and oxygen atoms in total. The third kappa shape index (κ3) is 2.43. The quantitative estimate of drug-likeness (QED) is 0.402. The van der Waals surface area contributed by atoms with Gasteiger partial charge in [-0.3, -0.25) is 0 Å². The smallest absolute Gasteiger partial charge is 0.211 e. The van der Waals surface area contributed by atoms with Gasteiger partial charge in [-0.15, -0.1) is 0 Å². The van der Waals surface area contributed by atoms with Gasteiger partial charge >= 0.3 is 0 Å². The molecule has 4 aromatic rings. The minimum atomic E-state index is 0. The predicted molar refractivity (Wildman–Crippen MR) is 97.0 cm³/mol. The van der Waals surface area contributed by atoms with Crippen LogP contribution >= 0.6 is 0 Å². The Morgan fingerprint density at radius 3 is 2.33 bits per heavy atom. The van der Waals surface area contributed by atoms with Gasteiger partial charge in [-0.05, 0) is 47.9 Å². The number of hydrogen-bond donors (Lipinski definition) is 2. The molecule has 0 amide bonds. The Labute approximate surface area is 146 Å². The molecule has 0 radical (unpaired) electrons. The van der Waals surface area contributed by atoms with Gasteiger partial charge in [-0.1, -0.05) is 24.3 Å². The number of H-pyrrole nitrogens is 1. The zero-order valence-electron chi connectivity index (χ0n) is 13.3. The van der Waals surface area contributed by atoms with E-state index in [1.54, 1.807) is 0 Å². The molecular formula is C20H18ClN3. The number of rotatable bonds is 1. The van der Waals surface area contributed by atoms with Crippen LogP contribution in [0.3, 0.4) is 0 Å². The summed E-state index contributed by atoms with van der Waals surface area (Å²) in [5.41, 5.74) is 18.3. The fourth-order valence-corrected chi connectivity index (χ4v) is 3.26.